The van der Waals surface area contributed by atoms with Crippen LogP contribution < -0.4 is 14.8 Å². The topological polar surface area (TPSA) is 67.9 Å². The van der Waals surface area contributed by atoms with Gasteiger partial charge in [0.2, 0.25) is 5.91 Å². The number of amides is 2. The third-order valence-corrected chi connectivity index (χ3v) is 4.82. The molecule has 2 rings (SSSR count). The van der Waals surface area contributed by atoms with E-state index in [0.717, 1.165) is 12.0 Å². The number of halogens is 1. The maximum absolute atomic E-state index is 13.1. The number of methoxy groups -OCH3 is 1. The summed E-state index contributed by atoms with van der Waals surface area (Å²) in [7, 11) is 1.59. The second-order valence-corrected chi connectivity index (χ2v) is 7.27. The molecular formula is C23H29ClN2O4. The normalized spacial score (nSPS) is 11.5. The highest BCUT2D eigenvalue weighted by atomic mass is 35.5. The Hall–Kier alpha value is -2.73. The van der Waals surface area contributed by atoms with Crippen molar-refractivity contribution in [2.24, 2.45) is 0 Å². The lowest BCUT2D eigenvalue weighted by Gasteiger charge is -2.30. The van der Waals surface area contributed by atoms with Gasteiger partial charge in [-0.1, -0.05) is 43.6 Å². The fraction of sp³-hybridized carbons (Fsp3) is 0.391. The Morgan fingerprint density at radius 2 is 1.83 bits per heavy atom. The molecule has 0 heterocycles. The number of rotatable bonds is 11. The van der Waals surface area contributed by atoms with Gasteiger partial charge in [-0.05, 0) is 48.7 Å². The zero-order chi connectivity index (χ0) is 21.9. The number of benzene rings is 2. The van der Waals surface area contributed by atoms with Gasteiger partial charge in [-0.25, -0.2) is 0 Å². The molecule has 0 aliphatic rings. The molecule has 0 fully saturated rings. The van der Waals surface area contributed by atoms with Crippen LogP contribution in [-0.2, 0) is 16.1 Å². The third-order valence-electron chi connectivity index (χ3n) is 4.58. The molecule has 0 aliphatic carbocycles. The molecule has 6 nitrogen and oxygen atoms in total. The Bertz CT molecular complexity index is 843. The van der Waals surface area contributed by atoms with Crippen LogP contribution in [0.4, 0.5) is 0 Å². The highest BCUT2D eigenvalue weighted by Gasteiger charge is 2.28. The molecule has 7 heteroatoms. The first-order valence-corrected chi connectivity index (χ1v) is 10.4. The second kappa shape index (κ2) is 12.1. The molecule has 2 amide bonds. The van der Waals surface area contributed by atoms with E-state index in [1.54, 1.807) is 36.3 Å². The van der Waals surface area contributed by atoms with Crippen LogP contribution in [0.2, 0.25) is 5.02 Å². The fourth-order valence-electron chi connectivity index (χ4n) is 3.04. The number of hydrogen-bond acceptors (Lipinski definition) is 4. The van der Waals surface area contributed by atoms with E-state index in [1.807, 2.05) is 38.1 Å². The zero-order valence-electron chi connectivity index (χ0n) is 17.7. The minimum absolute atomic E-state index is 0.168. The number of nitrogens with one attached hydrogen (secondary N) is 1. The molecule has 0 aromatic heterocycles. The number of hydrogen-bond donors (Lipinski definition) is 1. The molecule has 0 saturated heterocycles. The van der Waals surface area contributed by atoms with Gasteiger partial charge in [0.05, 0.1) is 7.11 Å². The molecule has 0 saturated carbocycles. The molecule has 2 aromatic carbocycles. The van der Waals surface area contributed by atoms with Crippen LogP contribution in [0.25, 0.3) is 0 Å². The van der Waals surface area contributed by atoms with Gasteiger partial charge in [0.1, 0.15) is 17.5 Å². The van der Waals surface area contributed by atoms with Crippen molar-refractivity contribution in [3.05, 3.63) is 59.1 Å². The van der Waals surface area contributed by atoms with Crippen LogP contribution in [-0.4, -0.2) is 43.0 Å². The molecule has 162 valence electrons. The van der Waals surface area contributed by atoms with Crippen molar-refractivity contribution in [3.8, 4) is 11.5 Å². The van der Waals surface area contributed by atoms with Crippen molar-refractivity contribution in [1.29, 1.82) is 0 Å². The van der Waals surface area contributed by atoms with Crippen LogP contribution in [0.1, 0.15) is 32.3 Å². The highest BCUT2D eigenvalue weighted by Crippen LogP contribution is 2.19. The smallest absolute Gasteiger partial charge is 0.261 e. The first-order chi connectivity index (χ1) is 14.5. The van der Waals surface area contributed by atoms with Crippen molar-refractivity contribution >= 4 is 23.4 Å². The molecule has 0 unspecified atom stereocenters. The van der Waals surface area contributed by atoms with E-state index in [2.05, 4.69) is 5.32 Å². The molecule has 0 bridgehead atoms. The van der Waals surface area contributed by atoms with Gasteiger partial charge in [-0.3, -0.25) is 9.59 Å². The molecule has 0 aliphatic heterocycles. The average molecular weight is 433 g/mol. The van der Waals surface area contributed by atoms with Crippen LogP contribution >= 0.6 is 11.6 Å². The lowest BCUT2D eigenvalue weighted by molar-refractivity contribution is -0.143. The summed E-state index contributed by atoms with van der Waals surface area (Å²) in [5.41, 5.74) is 0.868. The number of nitrogens with zero attached hydrogens (tertiary/aromatic N) is 1. The van der Waals surface area contributed by atoms with E-state index < -0.39 is 6.04 Å². The van der Waals surface area contributed by atoms with E-state index >= 15 is 0 Å². The van der Waals surface area contributed by atoms with Crippen molar-refractivity contribution < 1.29 is 19.1 Å². The van der Waals surface area contributed by atoms with Gasteiger partial charge < -0.3 is 19.7 Å². The van der Waals surface area contributed by atoms with Gasteiger partial charge in [0.25, 0.3) is 5.91 Å². The monoisotopic (exact) mass is 432 g/mol. The van der Waals surface area contributed by atoms with Crippen LogP contribution in [0.5, 0.6) is 11.5 Å². The van der Waals surface area contributed by atoms with Crippen molar-refractivity contribution in [2.45, 2.75) is 39.3 Å². The fourth-order valence-corrected chi connectivity index (χ4v) is 3.22. The summed E-state index contributed by atoms with van der Waals surface area (Å²) in [5.74, 6) is 0.744. The number of carbonyl (C=O) groups is 2. The highest BCUT2D eigenvalue weighted by molar-refractivity contribution is 6.30. The van der Waals surface area contributed by atoms with E-state index in [9.17, 15) is 9.59 Å². The summed E-state index contributed by atoms with van der Waals surface area (Å²) < 4.78 is 10.9. The minimum atomic E-state index is -0.599. The van der Waals surface area contributed by atoms with E-state index in [1.165, 1.54) is 0 Å². The van der Waals surface area contributed by atoms with Gasteiger partial charge in [0, 0.05) is 18.1 Å². The standard InChI is InChI=1S/C23H29ClN2O4/c1-4-12-25-23(28)21(5-2)26(15-17-8-6-10-19(13-17)29-3)22(27)16-30-20-11-7-9-18(24)14-20/h6-11,13-14,21H,4-5,12,15-16H2,1-3H3,(H,25,28)/t21-/m1/s1. The molecule has 1 atom stereocenters. The Balaban J connectivity index is 2.21. The lowest BCUT2D eigenvalue weighted by Crippen LogP contribution is -2.50. The summed E-state index contributed by atoms with van der Waals surface area (Å²) in [5, 5.41) is 3.42. The van der Waals surface area contributed by atoms with Crippen LogP contribution in [0.15, 0.2) is 48.5 Å². The largest absolute Gasteiger partial charge is 0.497 e. The van der Waals surface area contributed by atoms with Crippen LogP contribution in [0.3, 0.4) is 0 Å². The first-order valence-electron chi connectivity index (χ1n) is 10.1. The summed E-state index contributed by atoms with van der Waals surface area (Å²) in [6, 6.07) is 13.7. The number of ether oxygens (including phenoxy) is 2. The van der Waals surface area contributed by atoms with Gasteiger partial charge in [0.15, 0.2) is 6.61 Å². The molecular weight excluding hydrogens is 404 g/mol. The summed E-state index contributed by atoms with van der Waals surface area (Å²) >= 11 is 5.98. The Kier molecular flexibility index (Phi) is 9.48. The lowest BCUT2D eigenvalue weighted by atomic mass is 10.1. The van der Waals surface area contributed by atoms with Crippen LogP contribution in [0, 0.1) is 0 Å². The predicted molar refractivity (Wildman–Crippen MR) is 118 cm³/mol. The zero-order valence-corrected chi connectivity index (χ0v) is 18.4. The van der Waals surface area contributed by atoms with Crippen molar-refractivity contribution in [1.82, 2.24) is 10.2 Å². The molecule has 1 N–H and O–H groups in total. The average Bonchev–Trinajstić information content (AvgIpc) is 2.76. The van der Waals surface area contributed by atoms with Gasteiger partial charge in [-0.15, -0.1) is 0 Å². The Morgan fingerprint density at radius 3 is 2.50 bits per heavy atom. The van der Waals surface area contributed by atoms with E-state index in [-0.39, 0.29) is 25.0 Å². The summed E-state index contributed by atoms with van der Waals surface area (Å²) in [4.78, 5) is 27.4. The molecule has 30 heavy (non-hydrogen) atoms. The molecule has 2 aromatic rings. The first kappa shape index (κ1) is 23.5. The Morgan fingerprint density at radius 1 is 1.10 bits per heavy atom. The van der Waals surface area contributed by atoms with Gasteiger partial charge in [-0.2, -0.15) is 0 Å². The van der Waals surface area contributed by atoms with Gasteiger partial charge >= 0.3 is 0 Å². The Labute approximate surface area is 183 Å². The molecule has 0 spiro atoms. The van der Waals surface area contributed by atoms with Crippen molar-refractivity contribution in [3.63, 3.8) is 0 Å². The second-order valence-electron chi connectivity index (χ2n) is 6.83. The predicted octanol–water partition coefficient (Wildman–Crippen LogP) is 4.06. The summed E-state index contributed by atoms with van der Waals surface area (Å²) in [6.07, 6.45) is 1.31. The third kappa shape index (κ3) is 6.95. The van der Waals surface area contributed by atoms with E-state index in [4.69, 9.17) is 21.1 Å². The summed E-state index contributed by atoms with van der Waals surface area (Å²) in [6.45, 7) is 4.52. The maximum Gasteiger partial charge on any atom is 0.261 e. The quantitative estimate of drug-likeness (QED) is 0.581. The maximum atomic E-state index is 13.1. The minimum Gasteiger partial charge on any atom is -0.497 e. The molecule has 0 radical (unpaired) electrons. The van der Waals surface area contributed by atoms with E-state index in [0.29, 0.717) is 29.5 Å². The SMILES string of the molecule is CCCNC(=O)[C@@H](CC)N(Cc1cccc(OC)c1)C(=O)COc1cccc(Cl)c1. The van der Waals surface area contributed by atoms with Crippen molar-refractivity contribution in [2.75, 3.05) is 20.3 Å². The number of carbonyl (C=O) groups excluding carboxylic acids is 2.